The van der Waals surface area contributed by atoms with Crippen molar-refractivity contribution in [2.24, 2.45) is 4.99 Å². The highest BCUT2D eigenvalue weighted by molar-refractivity contribution is 7.09. The maximum Gasteiger partial charge on any atom is 0.193 e. The van der Waals surface area contributed by atoms with E-state index >= 15 is 0 Å². The number of hydrogen-bond acceptors (Lipinski definition) is 2. The summed E-state index contributed by atoms with van der Waals surface area (Å²) in [5.41, 5.74) is 0. The monoisotopic (exact) mass is 237 g/mol. The number of nitrogens with one attached hydrogen (secondary N) is 1. The highest BCUT2D eigenvalue weighted by atomic mass is 32.1. The molecule has 1 aromatic heterocycles. The fraction of sp³-hybridized carbons (Fsp3) is 0.417. The molecule has 0 atom stereocenters. The fourth-order valence-electron chi connectivity index (χ4n) is 1.39. The van der Waals surface area contributed by atoms with Crippen LogP contribution in [-0.4, -0.2) is 38.0 Å². The van der Waals surface area contributed by atoms with Crippen molar-refractivity contribution in [1.29, 1.82) is 0 Å². The molecule has 0 aliphatic heterocycles. The molecule has 1 N–H and O–H groups in total. The normalized spacial score (nSPS) is 11.2. The van der Waals surface area contributed by atoms with E-state index < -0.39 is 0 Å². The van der Waals surface area contributed by atoms with Crippen molar-refractivity contribution in [3.63, 3.8) is 0 Å². The van der Waals surface area contributed by atoms with Crippen molar-refractivity contribution >= 4 is 17.3 Å². The summed E-state index contributed by atoms with van der Waals surface area (Å²) in [5, 5.41) is 5.32. The van der Waals surface area contributed by atoms with Crippen LogP contribution in [0.25, 0.3) is 0 Å². The summed E-state index contributed by atoms with van der Waals surface area (Å²) in [6.45, 7) is 5.39. The van der Waals surface area contributed by atoms with E-state index in [1.807, 2.05) is 13.1 Å². The van der Waals surface area contributed by atoms with Gasteiger partial charge in [-0.05, 0) is 17.9 Å². The molecular formula is C12H19N3S. The molecule has 1 rings (SSSR count). The van der Waals surface area contributed by atoms with Gasteiger partial charge in [0.05, 0.1) is 0 Å². The second-order valence-electron chi connectivity index (χ2n) is 3.47. The summed E-state index contributed by atoms with van der Waals surface area (Å²) >= 11 is 1.80. The predicted molar refractivity (Wildman–Crippen MR) is 72.2 cm³/mol. The molecule has 0 radical (unpaired) electrons. The molecule has 0 aliphatic rings. The van der Waals surface area contributed by atoms with Crippen molar-refractivity contribution < 1.29 is 0 Å². The number of guanidine groups is 1. The van der Waals surface area contributed by atoms with Crippen LogP contribution < -0.4 is 5.32 Å². The molecule has 0 aliphatic carbocycles. The van der Waals surface area contributed by atoms with Crippen LogP contribution in [0.5, 0.6) is 0 Å². The lowest BCUT2D eigenvalue weighted by Crippen LogP contribution is -2.39. The van der Waals surface area contributed by atoms with Gasteiger partial charge in [-0.2, -0.15) is 0 Å². The van der Waals surface area contributed by atoms with E-state index in [2.05, 4.69) is 39.3 Å². The molecule has 0 bridgehead atoms. The summed E-state index contributed by atoms with van der Waals surface area (Å²) in [4.78, 5) is 7.75. The van der Waals surface area contributed by atoms with Crippen molar-refractivity contribution in [2.75, 3.05) is 27.2 Å². The van der Waals surface area contributed by atoms with Crippen molar-refractivity contribution in [1.82, 2.24) is 10.2 Å². The van der Waals surface area contributed by atoms with E-state index in [1.54, 1.807) is 18.4 Å². The van der Waals surface area contributed by atoms with Crippen LogP contribution in [0.15, 0.2) is 35.2 Å². The van der Waals surface area contributed by atoms with Gasteiger partial charge in [0.15, 0.2) is 5.96 Å². The first-order chi connectivity index (χ1) is 7.77. The van der Waals surface area contributed by atoms with Crippen LogP contribution >= 0.6 is 11.3 Å². The molecule has 1 heterocycles. The fourth-order valence-corrected chi connectivity index (χ4v) is 2.09. The highest BCUT2D eigenvalue weighted by Crippen LogP contribution is 2.09. The SMILES string of the molecule is C=CCNC(=NC)N(C)CCc1cccs1. The molecule has 0 saturated carbocycles. The van der Waals surface area contributed by atoms with Crippen molar-refractivity contribution in [3.8, 4) is 0 Å². The maximum atomic E-state index is 4.21. The van der Waals surface area contributed by atoms with Crippen LogP contribution in [-0.2, 0) is 6.42 Å². The quantitative estimate of drug-likeness (QED) is 0.482. The Morgan fingerprint density at radius 2 is 2.50 bits per heavy atom. The summed E-state index contributed by atoms with van der Waals surface area (Å²) in [6.07, 6.45) is 2.89. The molecule has 0 fully saturated rings. The zero-order valence-corrected chi connectivity index (χ0v) is 10.8. The number of thiophene rings is 1. The van der Waals surface area contributed by atoms with Crippen LogP contribution in [0.4, 0.5) is 0 Å². The van der Waals surface area contributed by atoms with Gasteiger partial charge in [0.25, 0.3) is 0 Å². The number of hydrogen-bond donors (Lipinski definition) is 1. The van der Waals surface area contributed by atoms with E-state index in [-0.39, 0.29) is 0 Å². The molecule has 0 unspecified atom stereocenters. The van der Waals surface area contributed by atoms with Crippen molar-refractivity contribution in [2.45, 2.75) is 6.42 Å². The Morgan fingerprint density at radius 1 is 1.69 bits per heavy atom. The lowest BCUT2D eigenvalue weighted by atomic mass is 10.3. The van der Waals surface area contributed by atoms with Crippen LogP contribution in [0, 0.1) is 0 Å². The molecule has 0 aromatic carbocycles. The first-order valence-corrected chi connectivity index (χ1v) is 6.21. The summed E-state index contributed by atoms with van der Waals surface area (Å²) in [5.74, 6) is 0.913. The zero-order valence-electron chi connectivity index (χ0n) is 9.94. The van der Waals surface area contributed by atoms with E-state index in [4.69, 9.17) is 0 Å². The Hall–Kier alpha value is -1.29. The standard InChI is InChI=1S/C12H19N3S/c1-4-8-14-12(13-2)15(3)9-7-11-6-5-10-16-11/h4-6,10H,1,7-9H2,2-3H3,(H,13,14). The third-order valence-corrected chi connectivity index (χ3v) is 3.19. The van der Waals surface area contributed by atoms with Gasteiger partial charge >= 0.3 is 0 Å². The van der Waals surface area contributed by atoms with Crippen LogP contribution in [0.3, 0.4) is 0 Å². The van der Waals surface area contributed by atoms with Gasteiger partial charge in [-0.25, -0.2) is 0 Å². The van der Waals surface area contributed by atoms with Gasteiger partial charge < -0.3 is 10.2 Å². The average Bonchev–Trinajstić information content (AvgIpc) is 2.80. The molecule has 4 heteroatoms. The predicted octanol–water partition coefficient (Wildman–Crippen LogP) is 1.98. The largest absolute Gasteiger partial charge is 0.353 e. The van der Waals surface area contributed by atoms with Gasteiger partial charge in [0.2, 0.25) is 0 Å². The molecule has 3 nitrogen and oxygen atoms in total. The smallest absolute Gasteiger partial charge is 0.193 e. The minimum absolute atomic E-state index is 0.746. The van der Waals surface area contributed by atoms with E-state index in [0.717, 1.165) is 25.5 Å². The molecule has 88 valence electrons. The maximum absolute atomic E-state index is 4.21. The summed E-state index contributed by atoms with van der Waals surface area (Å²) in [6, 6.07) is 4.25. The average molecular weight is 237 g/mol. The summed E-state index contributed by atoms with van der Waals surface area (Å²) in [7, 11) is 3.85. The Kier molecular flexibility index (Phi) is 5.64. The minimum atomic E-state index is 0.746. The second kappa shape index (κ2) is 7.06. The zero-order chi connectivity index (χ0) is 11.8. The van der Waals surface area contributed by atoms with Gasteiger partial charge in [0, 0.05) is 32.1 Å². The minimum Gasteiger partial charge on any atom is -0.353 e. The van der Waals surface area contributed by atoms with Gasteiger partial charge in [-0.1, -0.05) is 12.1 Å². The number of likely N-dealkylation sites (N-methyl/N-ethyl adjacent to an activating group) is 1. The van der Waals surface area contributed by atoms with E-state index in [1.165, 1.54) is 4.88 Å². The highest BCUT2D eigenvalue weighted by Gasteiger charge is 2.04. The van der Waals surface area contributed by atoms with Gasteiger partial charge in [-0.3, -0.25) is 4.99 Å². The molecule has 1 aromatic rings. The van der Waals surface area contributed by atoms with E-state index in [9.17, 15) is 0 Å². The van der Waals surface area contributed by atoms with E-state index in [0.29, 0.717) is 0 Å². The Bertz CT molecular complexity index is 330. The van der Waals surface area contributed by atoms with Crippen molar-refractivity contribution in [3.05, 3.63) is 35.0 Å². The Balaban J connectivity index is 2.37. The van der Waals surface area contributed by atoms with Crippen LogP contribution in [0.2, 0.25) is 0 Å². The summed E-state index contributed by atoms with van der Waals surface area (Å²) < 4.78 is 0. The number of rotatable bonds is 5. The second-order valence-corrected chi connectivity index (χ2v) is 4.50. The third kappa shape index (κ3) is 4.06. The molecular weight excluding hydrogens is 218 g/mol. The third-order valence-electron chi connectivity index (χ3n) is 2.25. The first kappa shape index (κ1) is 12.8. The molecule has 0 amide bonds. The van der Waals surface area contributed by atoms with Crippen LogP contribution in [0.1, 0.15) is 4.88 Å². The topological polar surface area (TPSA) is 27.6 Å². The Morgan fingerprint density at radius 3 is 3.06 bits per heavy atom. The van der Waals surface area contributed by atoms with Gasteiger partial charge in [0.1, 0.15) is 0 Å². The number of nitrogens with zero attached hydrogens (tertiary/aromatic N) is 2. The lowest BCUT2D eigenvalue weighted by Gasteiger charge is -2.21. The van der Waals surface area contributed by atoms with Gasteiger partial charge in [-0.15, -0.1) is 17.9 Å². The Labute approximate surface area is 102 Å². The molecule has 0 spiro atoms. The molecule has 0 saturated heterocycles. The first-order valence-electron chi connectivity index (χ1n) is 5.33. The number of aliphatic imine (C=N–C) groups is 1. The molecule has 16 heavy (non-hydrogen) atoms. The lowest BCUT2D eigenvalue weighted by molar-refractivity contribution is 0.490.